The van der Waals surface area contributed by atoms with E-state index in [1.165, 1.54) is 12.0 Å². The second-order valence-corrected chi connectivity index (χ2v) is 11.5. The molecule has 37 heavy (non-hydrogen) atoms. The number of nitrogens with one attached hydrogen (secondary N) is 1. The lowest BCUT2D eigenvalue weighted by atomic mass is 9.82. The van der Waals surface area contributed by atoms with Gasteiger partial charge < -0.3 is 15.1 Å². The van der Waals surface area contributed by atoms with Crippen molar-refractivity contribution in [2.75, 3.05) is 19.6 Å². The van der Waals surface area contributed by atoms with E-state index in [9.17, 15) is 9.59 Å². The van der Waals surface area contributed by atoms with Crippen LogP contribution < -0.4 is 5.32 Å². The fraction of sp³-hybridized carbons (Fsp3) is 0.562. The molecule has 5 heteroatoms. The van der Waals surface area contributed by atoms with Gasteiger partial charge in [0, 0.05) is 37.6 Å². The van der Waals surface area contributed by atoms with Crippen molar-refractivity contribution >= 4 is 11.8 Å². The van der Waals surface area contributed by atoms with Gasteiger partial charge in [-0.25, -0.2) is 0 Å². The Hall–Kier alpha value is -2.66. The number of carbonyl (C=O) groups is 2. The van der Waals surface area contributed by atoms with Gasteiger partial charge in [0.25, 0.3) is 0 Å². The number of likely N-dealkylation sites (tertiary alicyclic amines) is 1. The normalized spacial score (nSPS) is 19.0. The summed E-state index contributed by atoms with van der Waals surface area (Å²) in [4.78, 5) is 31.1. The molecule has 4 rings (SSSR count). The molecule has 200 valence electrons. The molecule has 1 unspecified atom stereocenters. The molecule has 0 radical (unpaired) electrons. The number of hydrogen-bond acceptors (Lipinski definition) is 3. The Kier molecular flexibility index (Phi) is 9.07. The number of benzene rings is 2. The molecule has 1 aliphatic heterocycles. The highest BCUT2D eigenvalue weighted by Gasteiger charge is 2.38. The summed E-state index contributed by atoms with van der Waals surface area (Å²) in [5, 5.41) is 3.37. The third-order valence-electron chi connectivity index (χ3n) is 8.77. The maximum absolute atomic E-state index is 13.7. The van der Waals surface area contributed by atoms with Gasteiger partial charge in [0.2, 0.25) is 11.8 Å². The summed E-state index contributed by atoms with van der Waals surface area (Å²) in [5.41, 5.74) is 1.71. The Balaban J connectivity index is 1.36. The van der Waals surface area contributed by atoms with Crippen LogP contribution in [0.15, 0.2) is 60.7 Å². The predicted octanol–water partition coefficient (Wildman–Crippen LogP) is 5.71. The number of nitrogens with zero attached hydrogens (tertiary/aromatic N) is 2. The van der Waals surface area contributed by atoms with E-state index in [0.29, 0.717) is 6.04 Å². The van der Waals surface area contributed by atoms with E-state index < -0.39 is 5.41 Å². The van der Waals surface area contributed by atoms with Crippen molar-refractivity contribution in [1.82, 2.24) is 15.1 Å². The lowest BCUT2D eigenvalue weighted by molar-refractivity contribution is -0.139. The first-order valence-electron chi connectivity index (χ1n) is 14.3. The predicted molar refractivity (Wildman–Crippen MR) is 150 cm³/mol. The molecule has 1 saturated carbocycles. The molecule has 2 aromatic rings. The summed E-state index contributed by atoms with van der Waals surface area (Å²) in [6.45, 7) is 11.2. The van der Waals surface area contributed by atoms with Crippen LogP contribution in [0.5, 0.6) is 0 Å². The van der Waals surface area contributed by atoms with Crippen LogP contribution in [0.2, 0.25) is 0 Å². The number of carbonyl (C=O) groups excluding carboxylic acids is 2. The maximum Gasteiger partial charge on any atom is 0.232 e. The monoisotopic (exact) mass is 503 g/mol. The zero-order valence-corrected chi connectivity index (χ0v) is 23.2. The highest BCUT2D eigenvalue weighted by Crippen LogP contribution is 2.31. The molecule has 2 amide bonds. The van der Waals surface area contributed by atoms with Crippen molar-refractivity contribution in [2.24, 2.45) is 5.92 Å². The fourth-order valence-electron chi connectivity index (χ4n) is 5.96. The van der Waals surface area contributed by atoms with E-state index in [-0.39, 0.29) is 29.8 Å². The van der Waals surface area contributed by atoms with Gasteiger partial charge in [0.1, 0.15) is 0 Å². The van der Waals surface area contributed by atoms with Crippen molar-refractivity contribution in [2.45, 2.75) is 89.8 Å². The molecule has 2 aliphatic rings. The molecule has 1 heterocycles. The van der Waals surface area contributed by atoms with E-state index in [4.69, 9.17) is 0 Å². The first-order chi connectivity index (χ1) is 17.8. The Morgan fingerprint density at radius 2 is 1.57 bits per heavy atom. The lowest BCUT2D eigenvalue weighted by Crippen LogP contribution is -2.53. The minimum Gasteiger partial charge on any atom is -0.349 e. The van der Waals surface area contributed by atoms with E-state index in [0.717, 1.165) is 57.3 Å². The van der Waals surface area contributed by atoms with E-state index in [1.807, 2.05) is 38.1 Å². The van der Waals surface area contributed by atoms with Gasteiger partial charge in [-0.05, 0) is 70.9 Å². The van der Waals surface area contributed by atoms with Crippen LogP contribution in [0.25, 0.3) is 0 Å². The Morgan fingerprint density at radius 3 is 2.11 bits per heavy atom. The fourth-order valence-corrected chi connectivity index (χ4v) is 5.96. The lowest BCUT2D eigenvalue weighted by Gasteiger charge is -2.43. The number of likely N-dealkylation sites (N-methyl/N-ethyl adjacent to an activating group) is 1. The maximum atomic E-state index is 13.7. The van der Waals surface area contributed by atoms with E-state index in [1.54, 1.807) is 0 Å². The van der Waals surface area contributed by atoms with Crippen LogP contribution in [0, 0.1) is 5.92 Å². The summed E-state index contributed by atoms with van der Waals surface area (Å²) in [7, 11) is 0. The molecule has 1 aliphatic carbocycles. The topological polar surface area (TPSA) is 52.7 Å². The summed E-state index contributed by atoms with van der Waals surface area (Å²) in [6, 6.07) is 21.2. The van der Waals surface area contributed by atoms with Gasteiger partial charge in [0.15, 0.2) is 0 Å². The van der Waals surface area contributed by atoms with Gasteiger partial charge in [-0.15, -0.1) is 0 Å². The van der Waals surface area contributed by atoms with Crippen molar-refractivity contribution < 1.29 is 9.59 Å². The zero-order valence-electron chi connectivity index (χ0n) is 23.2. The highest BCUT2D eigenvalue weighted by molar-refractivity contribution is 5.87. The second-order valence-electron chi connectivity index (χ2n) is 11.5. The van der Waals surface area contributed by atoms with Crippen LogP contribution in [-0.2, 0) is 15.0 Å². The zero-order chi connectivity index (χ0) is 26.4. The van der Waals surface area contributed by atoms with Gasteiger partial charge in [-0.3, -0.25) is 9.59 Å². The van der Waals surface area contributed by atoms with Crippen molar-refractivity contribution in [3.8, 4) is 0 Å². The van der Waals surface area contributed by atoms with E-state index in [2.05, 4.69) is 65.4 Å². The molecule has 1 N–H and O–H groups in total. The summed E-state index contributed by atoms with van der Waals surface area (Å²) >= 11 is 0. The summed E-state index contributed by atoms with van der Waals surface area (Å²) < 4.78 is 0. The molecular weight excluding hydrogens is 458 g/mol. The minimum atomic E-state index is -0.538. The van der Waals surface area contributed by atoms with Crippen LogP contribution in [0.3, 0.4) is 0 Å². The number of rotatable bonds is 10. The van der Waals surface area contributed by atoms with Crippen LogP contribution >= 0.6 is 0 Å². The van der Waals surface area contributed by atoms with Crippen LogP contribution in [0.1, 0.15) is 83.4 Å². The first-order valence-corrected chi connectivity index (χ1v) is 14.3. The third-order valence-corrected chi connectivity index (χ3v) is 8.77. The summed E-state index contributed by atoms with van der Waals surface area (Å²) in [5.74, 6) is 0.620. The van der Waals surface area contributed by atoms with Crippen molar-refractivity contribution in [3.05, 3.63) is 71.8 Å². The van der Waals surface area contributed by atoms with Crippen molar-refractivity contribution in [1.29, 1.82) is 0 Å². The Bertz CT molecular complexity index is 1010. The molecule has 1 saturated heterocycles. The Labute approximate surface area is 223 Å². The molecule has 0 bridgehead atoms. The average molecular weight is 504 g/mol. The SMILES string of the molecule is CCN(C(=O)C(C)(C)c1ccccc1)C1CCN(C(C)C[C@H](NC(=O)C2CCC2)c2ccccc2)CC1. The first kappa shape index (κ1) is 27.4. The highest BCUT2D eigenvalue weighted by atomic mass is 16.2. The molecule has 5 nitrogen and oxygen atoms in total. The molecule has 2 atom stereocenters. The smallest absolute Gasteiger partial charge is 0.232 e. The third kappa shape index (κ3) is 6.43. The molecule has 0 aromatic heterocycles. The minimum absolute atomic E-state index is 0.0300. The van der Waals surface area contributed by atoms with Crippen LogP contribution in [0.4, 0.5) is 0 Å². The average Bonchev–Trinajstić information content (AvgIpc) is 2.89. The van der Waals surface area contributed by atoms with Gasteiger partial charge in [-0.2, -0.15) is 0 Å². The Morgan fingerprint density at radius 1 is 0.973 bits per heavy atom. The number of amides is 2. The van der Waals surface area contributed by atoms with E-state index >= 15 is 0 Å². The largest absolute Gasteiger partial charge is 0.349 e. The molecule has 2 aromatic carbocycles. The second kappa shape index (κ2) is 12.3. The van der Waals surface area contributed by atoms with Gasteiger partial charge >= 0.3 is 0 Å². The standard InChI is InChI=1S/C32H45N3O2/c1-5-35(31(37)32(3,4)27-17-10-7-11-18-27)28-19-21-34(22-20-28)24(2)23-29(25-13-8-6-9-14-25)33-30(36)26-15-12-16-26/h6-11,13-14,17-18,24,26,28-29H,5,12,15-16,19-23H2,1-4H3,(H,33,36)/t24?,29-/m0/s1. The summed E-state index contributed by atoms with van der Waals surface area (Å²) in [6.07, 6.45) is 6.07. The molecule has 2 fully saturated rings. The molecule has 0 spiro atoms. The van der Waals surface area contributed by atoms with Gasteiger partial charge in [0.05, 0.1) is 11.5 Å². The number of piperidine rings is 1. The van der Waals surface area contributed by atoms with Crippen molar-refractivity contribution in [3.63, 3.8) is 0 Å². The molecular formula is C32H45N3O2. The quantitative estimate of drug-likeness (QED) is 0.452. The van der Waals surface area contributed by atoms with Crippen LogP contribution in [-0.4, -0.2) is 53.3 Å². The number of hydrogen-bond donors (Lipinski definition) is 1. The van der Waals surface area contributed by atoms with Gasteiger partial charge in [-0.1, -0.05) is 67.1 Å².